The van der Waals surface area contributed by atoms with Gasteiger partial charge in [0.1, 0.15) is 11.5 Å². The van der Waals surface area contributed by atoms with Crippen molar-refractivity contribution in [2.24, 2.45) is 0 Å². The van der Waals surface area contributed by atoms with E-state index in [9.17, 15) is 9.59 Å². The largest absolute Gasteiger partial charge is 0.497 e. The normalized spacial score (nSPS) is 12.4. The van der Waals surface area contributed by atoms with Crippen LogP contribution in [-0.2, 0) is 11.3 Å². The zero-order valence-corrected chi connectivity index (χ0v) is 19.8. The third kappa shape index (κ3) is 3.48. The summed E-state index contributed by atoms with van der Waals surface area (Å²) in [5, 5.41) is 6.16. The summed E-state index contributed by atoms with van der Waals surface area (Å²) in [5.74, 6) is 1.10. The number of amides is 1. The number of aromatic nitrogens is 2. The number of rotatable bonds is 6. The molecule has 178 valence electrons. The van der Waals surface area contributed by atoms with Crippen LogP contribution in [0, 0.1) is 0 Å². The summed E-state index contributed by atoms with van der Waals surface area (Å²) < 4.78 is 12.9. The Bertz CT molecular complexity index is 1810. The number of ether oxygens (including phenoxy) is 2. The van der Waals surface area contributed by atoms with Crippen LogP contribution in [0.3, 0.4) is 0 Å². The first-order chi connectivity index (χ1) is 17.5. The maximum atomic E-state index is 13.4. The molecule has 0 saturated heterocycles. The van der Waals surface area contributed by atoms with Crippen LogP contribution >= 0.6 is 0 Å². The number of nitrogens with zero attached hydrogens (tertiary/aromatic N) is 2. The van der Waals surface area contributed by atoms with Crippen molar-refractivity contribution in [3.05, 3.63) is 94.9 Å². The second-order valence-corrected chi connectivity index (χ2v) is 8.75. The van der Waals surface area contributed by atoms with Gasteiger partial charge in [-0.15, -0.1) is 0 Å². The summed E-state index contributed by atoms with van der Waals surface area (Å²) >= 11 is 0. The fourth-order valence-corrected chi connectivity index (χ4v) is 4.76. The standard InChI is InChI=1S/C29H23N3O4/c1-17(28(33)31-16-18-7-9-19(35-2)10-8-18)36-20-11-12-25-24(15-20)22-13-14-30-26-21-5-3-4-6-23(21)29(34)32(25)27(22)26/h3-15,17H,16H2,1-2H3,(H,31,33)/t17-/m0/s1. The van der Waals surface area contributed by atoms with E-state index in [1.807, 2.05) is 66.7 Å². The van der Waals surface area contributed by atoms with Crippen molar-refractivity contribution >= 4 is 44.0 Å². The quantitative estimate of drug-likeness (QED) is 0.352. The van der Waals surface area contributed by atoms with Crippen LogP contribution in [-0.4, -0.2) is 28.5 Å². The molecule has 3 heterocycles. The van der Waals surface area contributed by atoms with E-state index in [2.05, 4.69) is 10.3 Å². The third-order valence-corrected chi connectivity index (χ3v) is 6.57. The van der Waals surface area contributed by atoms with Crippen molar-refractivity contribution in [1.82, 2.24) is 14.7 Å². The first-order valence-corrected chi connectivity index (χ1v) is 11.7. The van der Waals surface area contributed by atoms with Gasteiger partial charge >= 0.3 is 0 Å². The van der Waals surface area contributed by atoms with E-state index in [0.29, 0.717) is 17.7 Å². The lowest BCUT2D eigenvalue weighted by atomic mass is 10.1. The topological polar surface area (TPSA) is 81.9 Å². The van der Waals surface area contributed by atoms with Gasteiger partial charge in [-0.05, 0) is 55.0 Å². The summed E-state index contributed by atoms with van der Waals surface area (Å²) in [7, 11) is 1.62. The Kier molecular flexibility index (Phi) is 5.18. The van der Waals surface area contributed by atoms with Gasteiger partial charge in [-0.2, -0.15) is 0 Å². The van der Waals surface area contributed by atoms with Crippen LogP contribution in [0.15, 0.2) is 83.8 Å². The molecule has 0 radical (unpaired) electrons. The fourth-order valence-electron chi connectivity index (χ4n) is 4.76. The molecule has 0 aliphatic rings. The Morgan fingerprint density at radius 2 is 1.69 bits per heavy atom. The predicted octanol–water partition coefficient (Wildman–Crippen LogP) is 4.68. The van der Waals surface area contributed by atoms with Crippen LogP contribution in [0.5, 0.6) is 11.5 Å². The summed E-state index contributed by atoms with van der Waals surface area (Å²) in [6, 6.07) is 22.5. The van der Waals surface area contributed by atoms with Gasteiger partial charge in [0, 0.05) is 34.3 Å². The van der Waals surface area contributed by atoms with Crippen molar-refractivity contribution in [2.45, 2.75) is 19.6 Å². The van der Waals surface area contributed by atoms with Gasteiger partial charge in [0.2, 0.25) is 0 Å². The molecule has 7 nitrogen and oxygen atoms in total. The first-order valence-electron chi connectivity index (χ1n) is 11.7. The van der Waals surface area contributed by atoms with Crippen LogP contribution in [0.2, 0.25) is 0 Å². The lowest BCUT2D eigenvalue weighted by Crippen LogP contribution is -2.35. The molecule has 1 N–H and O–H groups in total. The molecular formula is C29H23N3O4. The van der Waals surface area contributed by atoms with Crippen LogP contribution in [0.1, 0.15) is 12.5 Å². The van der Waals surface area contributed by atoms with E-state index in [0.717, 1.165) is 44.0 Å². The SMILES string of the molecule is COc1ccc(CNC(=O)[C@H](C)Oc2ccc3c(c2)c2ccnc4c5ccccc5c(=O)n3c24)cc1. The van der Waals surface area contributed by atoms with Crippen molar-refractivity contribution in [1.29, 1.82) is 0 Å². The monoisotopic (exact) mass is 477 g/mol. The van der Waals surface area contributed by atoms with Gasteiger partial charge in [0.15, 0.2) is 6.10 Å². The van der Waals surface area contributed by atoms with E-state index < -0.39 is 6.10 Å². The highest BCUT2D eigenvalue weighted by Crippen LogP contribution is 2.34. The van der Waals surface area contributed by atoms with Crippen LogP contribution in [0.25, 0.3) is 38.1 Å². The fraction of sp³-hybridized carbons (Fsp3) is 0.138. The molecule has 0 spiro atoms. The Morgan fingerprint density at radius 1 is 0.944 bits per heavy atom. The molecule has 0 bridgehead atoms. The number of fused-ring (bicyclic) bond motifs is 5. The number of nitrogens with one attached hydrogen (secondary N) is 1. The van der Waals surface area contributed by atoms with Crippen molar-refractivity contribution in [3.63, 3.8) is 0 Å². The lowest BCUT2D eigenvalue weighted by Gasteiger charge is -2.15. The minimum atomic E-state index is -0.701. The molecule has 36 heavy (non-hydrogen) atoms. The van der Waals surface area contributed by atoms with Crippen molar-refractivity contribution in [2.75, 3.05) is 7.11 Å². The van der Waals surface area contributed by atoms with Gasteiger partial charge < -0.3 is 14.8 Å². The predicted molar refractivity (Wildman–Crippen MR) is 140 cm³/mol. The molecular weight excluding hydrogens is 454 g/mol. The average Bonchev–Trinajstić information content (AvgIpc) is 3.25. The average molecular weight is 478 g/mol. The van der Waals surface area contributed by atoms with Crippen molar-refractivity contribution in [3.8, 4) is 11.5 Å². The molecule has 6 aromatic rings. The van der Waals surface area contributed by atoms with E-state index in [1.165, 1.54) is 0 Å². The highest BCUT2D eigenvalue weighted by atomic mass is 16.5. The summed E-state index contributed by atoms with van der Waals surface area (Å²) in [6.07, 6.45) is 1.06. The highest BCUT2D eigenvalue weighted by Gasteiger charge is 2.19. The number of carbonyl (C=O) groups excluding carboxylic acids is 1. The van der Waals surface area contributed by atoms with Gasteiger partial charge in [-0.1, -0.05) is 30.3 Å². The summed E-state index contributed by atoms with van der Waals surface area (Å²) in [5.41, 5.74) is 3.24. The van der Waals surface area contributed by atoms with Gasteiger partial charge in [-0.3, -0.25) is 19.0 Å². The molecule has 1 amide bonds. The first kappa shape index (κ1) is 21.9. The highest BCUT2D eigenvalue weighted by molar-refractivity contribution is 6.18. The van der Waals surface area contributed by atoms with Crippen molar-refractivity contribution < 1.29 is 14.3 Å². The molecule has 7 heteroatoms. The van der Waals surface area contributed by atoms with Crippen LogP contribution in [0.4, 0.5) is 0 Å². The lowest BCUT2D eigenvalue weighted by molar-refractivity contribution is -0.127. The maximum Gasteiger partial charge on any atom is 0.263 e. The Hall–Kier alpha value is -4.65. The Balaban J connectivity index is 1.31. The molecule has 0 unspecified atom stereocenters. The molecule has 3 aromatic carbocycles. The third-order valence-electron chi connectivity index (χ3n) is 6.57. The second-order valence-electron chi connectivity index (χ2n) is 8.75. The molecule has 0 aliphatic heterocycles. The zero-order valence-electron chi connectivity index (χ0n) is 19.8. The molecule has 1 atom stereocenters. The number of methoxy groups -OCH3 is 1. The van der Waals surface area contributed by atoms with Gasteiger partial charge in [0.25, 0.3) is 11.5 Å². The molecule has 0 saturated carbocycles. The minimum absolute atomic E-state index is 0.0777. The zero-order chi connectivity index (χ0) is 24.8. The van der Waals surface area contributed by atoms with E-state index in [-0.39, 0.29) is 11.5 Å². The summed E-state index contributed by atoms with van der Waals surface area (Å²) in [6.45, 7) is 2.11. The number of carbonyl (C=O) groups is 1. The molecule has 3 aromatic heterocycles. The van der Waals surface area contributed by atoms with E-state index in [4.69, 9.17) is 9.47 Å². The number of pyridine rings is 2. The molecule has 0 fully saturated rings. The van der Waals surface area contributed by atoms with Gasteiger partial charge in [0.05, 0.1) is 23.7 Å². The maximum absolute atomic E-state index is 13.4. The smallest absolute Gasteiger partial charge is 0.263 e. The Labute approximate surface area is 206 Å². The number of hydrogen-bond donors (Lipinski definition) is 1. The second kappa shape index (κ2) is 8.53. The van der Waals surface area contributed by atoms with E-state index in [1.54, 1.807) is 30.7 Å². The summed E-state index contributed by atoms with van der Waals surface area (Å²) in [4.78, 5) is 30.7. The minimum Gasteiger partial charge on any atom is -0.497 e. The van der Waals surface area contributed by atoms with Crippen LogP contribution < -0.4 is 20.3 Å². The van der Waals surface area contributed by atoms with E-state index >= 15 is 0 Å². The van der Waals surface area contributed by atoms with Gasteiger partial charge in [-0.25, -0.2) is 0 Å². The molecule has 6 rings (SSSR count). The molecule has 0 aliphatic carbocycles. The number of hydrogen-bond acceptors (Lipinski definition) is 5. The Morgan fingerprint density at radius 3 is 2.47 bits per heavy atom. The number of benzene rings is 3.